The van der Waals surface area contributed by atoms with E-state index in [0.717, 1.165) is 44.9 Å². The summed E-state index contributed by atoms with van der Waals surface area (Å²) in [5.41, 5.74) is 0. The first kappa shape index (κ1) is 22.4. The van der Waals surface area contributed by atoms with Gasteiger partial charge in [0, 0.05) is 6.42 Å². The van der Waals surface area contributed by atoms with Crippen LogP contribution < -0.4 is 0 Å². The van der Waals surface area contributed by atoms with Gasteiger partial charge in [0.05, 0.1) is 0 Å². The molecule has 0 aliphatic carbocycles. The van der Waals surface area contributed by atoms with Gasteiger partial charge in [-0.25, -0.2) is 0 Å². The topological polar surface area (TPSA) is 37.3 Å². The van der Waals surface area contributed by atoms with E-state index in [0.29, 0.717) is 6.42 Å². The molecule has 0 fully saturated rings. The van der Waals surface area contributed by atoms with E-state index in [1.54, 1.807) is 0 Å². The predicted molar refractivity (Wildman–Crippen MR) is 105 cm³/mol. The van der Waals surface area contributed by atoms with Gasteiger partial charge in [0.2, 0.25) is 0 Å². The Balaban J connectivity index is 3.30. The molecule has 0 aromatic carbocycles. The number of aliphatic carboxylic acids is 1. The Kier molecular flexibility index (Phi) is 18.2. The van der Waals surface area contributed by atoms with Crippen LogP contribution >= 0.6 is 0 Å². The largest absolute Gasteiger partial charge is 0.481 e. The summed E-state index contributed by atoms with van der Waals surface area (Å²) in [4.78, 5) is 10.4. The summed E-state index contributed by atoms with van der Waals surface area (Å²) in [5, 5.41) is 8.54. The molecule has 0 aromatic rings. The summed E-state index contributed by atoms with van der Waals surface area (Å²) in [6, 6.07) is 0. The van der Waals surface area contributed by atoms with Gasteiger partial charge in [-0.15, -0.1) is 0 Å². The molecular weight excluding hydrogens is 296 g/mol. The van der Waals surface area contributed by atoms with Crippen LogP contribution in [-0.2, 0) is 4.79 Å². The van der Waals surface area contributed by atoms with E-state index < -0.39 is 5.97 Å². The molecule has 0 heterocycles. The van der Waals surface area contributed by atoms with Gasteiger partial charge < -0.3 is 5.11 Å². The van der Waals surface area contributed by atoms with Crippen molar-refractivity contribution in [3.63, 3.8) is 0 Å². The number of carboxylic acid groups (broad SMARTS) is 1. The fraction of sp³-hybridized carbons (Fsp3) is 0.591. The molecule has 0 aliphatic heterocycles. The number of hydrogen-bond donors (Lipinski definition) is 1. The molecule has 0 radical (unpaired) electrons. The first-order valence-electron chi connectivity index (χ1n) is 9.59. The monoisotopic (exact) mass is 332 g/mol. The van der Waals surface area contributed by atoms with Crippen LogP contribution in [-0.4, -0.2) is 11.1 Å². The highest BCUT2D eigenvalue weighted by Gasteiger charge is 1.95. The number of allylic oxidation sites excluding steroid dienone is 8. The minimum absolute atomic E-state index is 0.321. The zero-order valence-electron chi connectivity index (χ0n) is 15.5. The maximum absolute atomic E-state index is 10.4. The maximum Gasteiger partial charge on any atom is 0.303 e. The third-order valence-corrected chi connectivity index (χ3v) is 3.73. The molecular formula is C22H36O2. The molecule has 0 amide bonds. The number of hydrogen-bond acceptors (Lipinski definition) is 1. The molecule has 1 N–H and O–H groups in total. The standard InChI is InChI=1S/C22H36O2/c1-2-3-4-5-6-7-8-9-10-11-12-13-14-15-16-17-18-19-20-21-22(23)24/h3-4,6-7,9-10,12-13H,2,5,8,11,14-21H2,1H3,(H,23,24)/b4-3+,7-6+,10-9+,13-12+. The van der Waals surface area contributed by atoms with Gasteiger partial charge in [-0.05, 0) is 44.9 Å². The normalized spacial score (nSPS) is 12.4. The van der Waals surface area contributed by atoms with Crippen molar-refractivity contribution in [3.8, 4) is 0 Å². The van der Waals surface area contributed by atoms with Crippen LogP contribution in [0.5, 0.6) is 0 Å². The highest BCUT2D eigenvalue weighted by molar-refractivity contribution is 5.66. The number of carbonyl (C=O) groups is 1. The van der Waals surface area contributed by atoms with Crippen molar-refractivity contribution in [3.05, 3.63) is 48.6 Å². The fourth-order valence-electron chi connectivity index (χ4n) is 2.34. The second-order valence-electron chi connectivity index (χ2n) is 6.05. The lowest BCUT2D eigenvalue weighted by molar-refractivity contribution is -0.137. The summed E-state index contributed by atoms with van der Waals surface area (Å²) < 4.78 is 0. The second-order valence-corrected chi connectivity index (χ2v) is 6.05. The molecule has 0 unspecified atom stereocenters. The number of unbranched alkanes of at least 4 members (excludes halogenated alkanes) is 6. The number of rotatable bonds is 16. The average Bonchev–Trinajstić information content (AvgIpc) is 2.56. The van der Waals surface area contributed by atoms with E-state index in [9.17, 15) is 4.79 Å². The summed E-state index contributed by atoms with van der Waals surface area (Å²) >= 11 is 0. The molecule has 0 atom stereocenters. The fourth-order valence-corrected chi connectivity index (χ4v) is 2.34. The van der Waals surface area contributed by atoms with Crippen LogP contribution in [0.15, 0.2) is 48.6 Å². The molecule has 2 heteroatoms. The Labute approximate surface area is 149 Å². The molecule has 24 heavy (non-hydrogen) atoms. The van der Waals surface area contributed by atoms with Crippen LogP contribution in [0.2, 0.25) is 0 Å². The van der Waals surface area contributed by atoms with E-state index in [4.69, 9.17) is 5.11 Å². The summed E-state index contributed by atoms with van der Waals surface area (Å²) in [6.45, 7) is 2.15. The third kappa shape index (κ3) is 20.4. The highest BCUT2D eigenvalue weighted by atomic mass is 16.4. The van der Waals surface area contributed by atoms with Gasteiger partial charge in [0.25, 0.3) is 0 Å². The van der Waals surface area contributed by atoms with E-state index in [2.05, 4.69) is 55.5 Å². The van der Waals surface area contributed by atoms with Gasteiger partial charge >= 0.3 is 5.97 Å². The third-order valence-electron chi connectivity index (χ3n) is 3.73. The minimum Gasteiger partial charge on any atom is -0.481 e. The zero-order chi connectivity index (χ0) is 17.7. The van der Waals surface area contributed by atoms with E-state index in [-0.39, 0.29) is 0 Å². The van der Waals surface area contributed by atoms with Crippen LogP contribution in [0.25, 0.3) is 0 Å². The van der Waals surface area contributed by atoms with Crippen molar-refractivity contribution in [2.45, 2.75) is 84.0 Å². The van der Waals surface area contributed by atoms with Crippen LogP contribution in [0.4, 0.5) is 0 Å². The lowest BCUT2D eigenvalue weighted by Crippen LogP contribution is -1.93. The molecule has 0 spiro atoms. The van der Waals surface area contributed by atoms with Crippen LogP contribution in [0.3, 0.4) is 0 Å². The maximum atomic E-state index is 10.4. The van der Waals surface area contributed by atoms with Gasteiger partial charge in [-0.3, -0.25) is 4.79 Å². The first-order chi connectivity index (χ1) is 11.8. The van der Waals surface area contributed by atoms with Crippen molar-refractivity contribution in [1.82, 2.24) is 0 Å². The Hall–Kier alpha value is -1.57. The lowest BCUT2D eigenvalue weighted by atomic mass is 10.1. The second kappa shape index (κ2) is 19.5. The SMILES string of the molecule is CC/C=C/C/C=C/C/C=C/C/C=C/CCCCCCCCC(=O)O. The molecule has 0 aliphatic rings. The molecule has 0 rings (SSSR count). The summed E-state index contributed by atoms with van der Waals surface area (Å²) in [5.74, 6) is -0.672. The van der Waals surface area contributed by atoms with Gasteiger partial charge in [-0.2, -0.15) is 0 Å². The Morgan fingerprint density at radius 2 is 1.12 bits per heavy atom. The summed E-state index contributed by atoms with van der Waals surface area (Å²) in [7, 11) is 0. The van der Waals surface area contributed by atoms with Crippen LogP contribution in [0, 0.1) is 0 Å². The highest BCUT2D eigenvalue weighted by Crippen LogP contribution is 2.09. The zero-order valence-corrected chi connectivity index (χ0v) is 15.5. The Bertz CT molecular complexity index is 389. The van der Waals surface area contributed by atoms with E-state index >= 15 is 0 Å². The molecule has 136 valence electrons. The van der Waals surface area contributed by atoms with Gasteiger partial charge in [0.1, 0.15) is 0 Å². The van der Waals surface area contributed by atoms with Crippen molar-refractivity contribution < 1.29 is 9.90 Å². The van der Waals surface area contributed by atoms with Crippen molar-refractivity contribution in [2.75, 3.05) is 0 Å². The average molecular weight is 333 g/mol. The molecule has 0 saturated carbocycles. The quantitative estimate of drug-likeness (QED) is 0.244. The van der Waals surface area contributed by atoms with Crippen molar-refractivity contribution in [2.24, 2.45) is 0 Å². The Morgan fingerprint density at radius 3 is 1.67 bits per heavy atom. The van der Waals surface area contributed by atoms with Crippen molar-refractivity contribution in [1.29, 1.82) is 0 Å². The summed E-state index contributed by atoms with van der Waals surface area (Å²) in [6.07, 6.45) is 30.3. The molecule has 0 bridgehead atoms. The van der Waals surface area contributed by atoms with Gasteiger partial charge in [-0.1, -0.05) is 81.2 Å². The predicted octanol–water partition coefficient (Wildman–Crippen LogP) is 7.00. The van der Waals surface area contributed by atoms with E-state index in [1.165, 1.54) is 25.7 Å². The molecule has 0 saturated heterocycles. The molecule has 2 nitrogen and oxygen atoms in total. The number of carboxylic acids is 1. The van der Waals surface area contributed by atoms with Gasteiger partial charge in [0.15, 0.2) is 0 Å². The van der Waals surface area contributed by atoms with Crippen LogP contribution in [0.1, 0.15) is 84.0 Å². The van der Waals surface area contributed by atoms with Crippen molar-refractivity contribution >= 4 is 5.97 Å². The first-order valence-corrected chi connectivity index (χ1v) is 9.59. The Morgan fingerprint density at radius 1 is 0.667 bits per heavy atom. The molecule has 0 aromatic heterocycles. The smallest absolute Gasteiger partial charge is 0.303 e. The minimum atomic E-state index is -0.672. The van der Waals surface area contributed by atoms with E-state index in [1.807, 2.05) is 0 Å². The lowest BCUT2D eigenvalue weighted by Gasteiger charge is -1.99.